The Hall–Kier alpha value is -1.94. The average Bonchev–Trinajstić information content (AvgIpc) is 0.902. The van der Waals surface area contributed by atoms with E-state index in [0.717, 1.165) is 108 Å². The summed E-state index contributed by atoms with van der Waals surface area (Å²) < 4.78 is 68.9. The minimum absolute atomic E-state index is 0.107. The van der Waals surface area contributed by atoms with E-state index in [2.05, 4.69) is 48.5 Å². The molecule has 0 rings (SSSR count). The van der Waals surface area contributed by atoms with Crippen LogP contribution in [-0.4, -0.2) is 96.7 Å². The van der Waals surface area contributed by atoms with Gasteiger partial charge in [-0.05, 0) is 43.4 Å². The molecule has 108 heavy (non-hydrogen) atoms. The van der Waals surface area contributed by atoms with Gasteiger partial charge in [0.25, 0.3) is 0 Å². The fraction of sp³-hybridized carbons (Fsp3) is 0.955. The van der Waals surface area contributed by atoms with Crippen molar-refractivity contribution in [3.63, 3.8) is 0 Å². The largest absolute Gasteiger partial charge is 0.472 e. The number of hydrogen-bond acceptors (Lipinski definition) is 15. The second-order valence-corrected chi connectivity index (χ2v) is 35.9. The van der Waals surface area contributed by atoms with E-state index in [-0.39, 0.29) is 25.7 Å². The maximum absolute atomic E-state index is 13.2. The van der Waals surface area contributed by atoms with Crippen LogP contribution in [0.1, 0.15) is 472 Å². The number of aliphatic hydroxyl groups is 1. The van der Waals surface area contributed by atoms with Crippen LogP contribution in [-0.2, 0) is 65.4 Å². The van der Waals surface area contributed by atoms with Crippen molar-refractivity contribution in [3.8, 4) is 0 Å². The average molecular weight is 1580 g/mol. The molecule has 17 nitrogen and oxygen atoms in total. The van der Waals surface area contributed by atoms with Gasteiger partial charge in [-0.15, -0.1) is 0 Å². The van der Waals surface area contributed by atoms with E-state index in [0.29, 0.717) is 25.7 Å². The zero-order valence-electron chi connectivity index (χ0n) is 71.3. The maximum atomic E-state index is 13.2. The first-order chi connectivity index (χ1) is 52.3. The molecular weight excluding hydrogens is 1400 g/mol. The van der Waals surface area contributed by atoms with Crippen molar-refractivity contribution in [2.75, 3.05) is 39.6 Å². The van der Waals surface area contributed by atoms with E-state index in [1.165, 1.54) is 283 Å². The van der Waals surface area contributed by atoms with Crippen molar-refractivity contribution >= 4 is 39.5 Å². The topological polar surface area (TPSA) is 237 Å². The Morgan fingerprint density at radius 3 is 0.704 bits per heavy atom. The van der Waals surface area contributed by atoms with Gasteiger partial charge in [0.1, 0.15) is 19.3 Å². The fourth-order valence-corrected chi connectivity index (χ4v) is 15.4. The van der Waals surface area contributed by atoms with E-state index >= 15 is 0 Å². The second-order valence-electron chi connectivity index (χ2n) is 32.9. The number of hydrogen-bond donors (Lipinski definition) is 3. The highest BCUT2D eigenvalue weighted by Crippen LogP contribution is 2.45. The van der Waals surface area contributed by atoms with Gasteiger partial charge in [0.15, 0.2) is 12.2 Å². The lowest BCUT2D eigenvalue weighted by Crippen LogP contribution is -2.30. The summed E-state index contributed by atoms with van der Waals surface area (Å²) >= 11 is 0. The summed E-state index contributed by atoms with van der Waals surface area (Å²) in [6, 6.07) is 0. The molecule has 0 saturated carbocycles. The Labute approximate surface area is 664 Å². The molecule has 3 N–H and O–H groups in total. The Balaban J connectivity index is 5.21. The normalized spacial score (nSPS) is 14.3. The van der Waals surface area contributed by atoms with Gasteiger partial charge in [-0.2, -0.15) is 0 Å². The molecule has 0 aromatic carbocycles. The maximum Gasteiger partial charge on any atom is 0.472 e. The molecule has 0 fully saturated rings. The van der Waals surface area contributed by atoms with Gasteiger partial charge in [-0.25, -0.2) is 9.13 Å². The van der Waals surface area contributed by atoms with Gasteiger partial charge in [-0.3, -0.25) is 37.3 Å². The molecule has 0 bridgehead atoms. The Bertz CT molecular complexity index is 2080. The summed E-state index contributed by atoms with van der Waals surface area (Å²) in [4.78, 5) is 73.3. The highest BCUT2D eigenvalue weighted by Gasteiger charge is 2.31. The molecule has 0 aliphatic rings. The van der Waals surface area contributed by atoms with Crippen molar-refractivity contribution < 1.29 is 80.2 Å². The molecule has 0 spiro atoms. The molecule has 19 heteroatoms. The van der Waals surface area contributed by atoms with Crippen LogP contribution in [0.15, 0.2) is 0 Å². The van der Waals surface area contributed by atoms with Gasteiger partial charge in [0.2, 0.25) is 0 Å². The zero-order chi connectivity index (χ0) is 79.3. The molecule has 7 atom stereocenters. The third-order valence-electron chi connectivity index (χ3n) is 21.6. The zero-order valence-corrected chi connectivity index (χ0v) is 73.1. The Kier molecular flexibility index (Phi) is 77.5. The van der Waals surface area contributed by atoms with Crippen molar-refractivity contribution in [3.05, 3.63) is 0 Å². The molecule has 0 saturated heterocycles. The third kappa shape index (κ3) is 79.3. The van der Waals surface area contributed by atoms with Crippen LogP contribution < -0.4 is 0 Å². The van der Waals surface area contributed by atoms with Gasteiger partial charge in [-0.1, -0.05) is 421 Å². The first-order valence-corrected chi connectivity index (χ1v) is 48.9. The number of esters is 4. The minimum atomic E-state index is -4.97. The molecule has 4 unspecified atom stereocenters. The summed E-state index contributed by atoms with van der Waals surface area (Å²) in [5.74, 6) is 0.408. The molecule has 0 aromatic rings. The highest BCUT2D eigenvalue weighted by atomic mass is 31.2. The predicted octanol–water partition coefficient (Wildman–Crippen LogP) is 27.3. The molecule has 0 radical (unpaired) electrons. The summed E-state index contributed by atoms with van der Waals surface area (Å²) in [6.45, 7) is 12.1. The number of carbonyl (C=O) groups excluding carboxylic acids is 4. The lowest BCUT2D eigenvalue weighted by atomic mass is 9.99. The predicted molar refractivity (Wildman–Crippen MR) is 446 cm³/mol. The van der Waals surface area contributed by atoms with Crippen LogP contribution in [0.4, 0.5) is 0 Å². The number of unbranched alkanes of at least 4 members (excludes halogenated alkanes) is 53. The van der Waals surface area contributed by atoms with Crippen molar-refractivity contribution in [1.82, 2.24) is 0 Å². The molecule has 0 aliphatic heterocycles. The molecule has 0 amide bonds. The first kappa shape index (κ1) is 106. The summed E-state index contributed by atoms with van der Waals surface area (Å²) in [7, 11) is -9.93. The van der Waals surface area contributed by atoms with Gasteiger partial charge in [0.05, 0.1) is 26.4 Å². The number of ether oxygens (including phenoxy) is 4. The monoisotopic (exact) mass is 1580 g/mol. The third-order valence-corrected chi connectivity index (χ3v) is 23.5. The smallest absolute Gasteiger partial charge is 0.462 e. The lowest BCUT2D eigenvalue weighted by Gasteiger charge is -2.21. The van der Waals surface area contributed by atoms with Gasteiger partial charge in [0, 0.05) is 25.7 Å². The Morgan fingerprint density at radius 2 is 0.472 bits per heavy atom. The number of phosphoric ester groups is 2. The van der Waals surface area contributed by atoms with Crippen LogP contribution in [0.3, 0.4) is 0 Å². The standard InChI is InChI=1S/C89H174O17P2/c1-8-11-12-13-14-15-42-49-56-63-70-86(91)99-76-84(106-89(94)73-66-59-52-45-38-32-33-39-46-53-60-67-80(4)5)78-103-107(95,96)101-74-83(90)75-102-108(97,98)104-79-85(105-88(93)72-65-58-51-44-37-31-27-23-19-17-21-25-29-35-41-48-55-62-69-82(7)10-3)77-100-87(92)71-64-57-50-43-36-30-26-22-18-16-20-24-28-34-40-47-54-61-68-81(6)9-2/h80-85,90H,8-79H2,1-7H3,(H,95,96)(H,97,98)/t81?,82?,83-,84+,85+/m0/s1. The number of aliphatic hydroxyl groups excluding tert-OH is 1. The quantitative estimate of drug-likeness (QED) is 0.0222. The number of carbonyl (C=O) groups is 4. The first-order valence-electron chi connectivity index (χ1n) is 45.9. The summed E-state index contributed by atoms with van der Waals surface area (Å²) in [5.41, 5.74) is 0. The van der Waals surface area contributed by atoms with E-state index in [9.17, 15) is 43.2 Å². The second kappa shape index (κ2) is 78.9. The summed E-state index contributed by atoms with van der Waals surface area (Å²) in [6.07, 6.45) is 70.8. The number of rotatable bonds is 87. The SMILES string of the molecule is CCCCCCCCCCCCC(=O)OC[C@H](COP(=O)(O)OC[C@H](O)COP(=O)(O)OC[C@@H](COC(=O)CCCCCCCCCCCCCCCCCCCCC(C)CC)OC(=O)CCCCCCCCCCCCCCCCCCCCC(C)CC)OC(=O)CCCCCCCCCCCCCC(C)C. The Morgan fingerprint density at radius 1 is 0.269 bits per heavy atom. The van der Waals surface area contributed by atoms with Gasteiger partial charge < -0.3 is 33.8 Å². The highest BCUT2D eigenvalue weighted by molar-refractivity contribution is 7.47. The number of phosphoric acid groups is 2. The van der Waals surface area contributed by atoms with E-state index in [4.69, 9.17) is 37.0 Å². The fourth-order valence-electron chi connectivity index (χ4n) is 13.8. The van der Waals surface area contributed by atoms with Crippen LogP contribution >= 0.6 is 15.6 Å². The van der Waals surface area contributed by atoms with Crippen LogP contribution in [0, 0.1) is 17.8 Å². The van der Waals surface area contributed by atoms with E-state index in [1.54, 1.807) is 0 Å². The molecule has 0 aliphatic carbocycles. The molecule has 0 aromatic heterocycles. The van der Waals surface area contributed by atoms with Crippen LogP contribution in [0.25, 0.3) is 0 Å². The van der Waals surface area contributed by atoms with Crippen LogP contribution in [0.2, 0.25) is 0 Å². The minimum Gasteiger partial charge on any atom is -0.462 e. The lowest BCUT2D eigenvalue weighted by molar-refractivity contribution is -0.161. The molecular formula is C89H174O17P2. The molecule has 642 valence electrons. The van der Waals surface area contributed by atoms with Crippen molar-refractivity contribution in [2.24, 2.45) is 17.8 Å². The summed E-state index contributed by atoms with van der Waals surface area (Å²) in [5, 5.41) is 10.7. The van der Waals surface area contributed by atoms with E-state index in [1.807, 2.05) is 0 Å². The van der Waals surface area contributed by atoms with E-state index < -0.39 is 97.5 Å². The molecule has 0 heterocycles. The van der Waals surface area contributed by atoms with Crippen LogP contribution in [0.5, 0.6) is 0 Å². The van der Waals surface area contributed by atoms with Gasteiger partial charge >= 0.3 is 39.5 Å². The van der Waals surface area contributed by atoms with Crippen molar-refractivity contribution in [2.45, 2.75) is 491 Å². The van der Waals surface area contributed by atoms with Crippen molar-refractivity contribution in [1.29, 1.82) is 0 Å².